The molecule has 1 N–H and O–H groups in total. The first-order valence-corrected chi connectivity index (χ1v) is 12.7. The van der Waals surface area contributed by atoms with Gasteiger partial charge in [0.2, 0.25) is 10.0 Å². The van der Waals surface area contributed by atoms with Gasteiger partial charge >= 0.3 is 11.9 Å². The topological polar surface area (TPSA) is 119 Å². The number of ether oxygens (including phenoxy) is 2. The number of halogens is 1. The Morgan fingerprint density at radius 1 is 0.889 bits per heavy atom. The number of esters is 2. The fraction of sp³-hybridized carbons (Fsp3) is 0.160. The van der Waals surface area contributed by atoms with E-state index >= 15 is 0 Å². The van der Waals surface area contributed by atoms with Crippen molar-refractivity contribution < 1.29 is 32.3 Å². The lowest BCUT2D eigenvalue weighted by Gasteiger charge is -2.23. The highest BCUT2D eigenvalue weighted by molar-refractivity contribution is 7.92. The van der Waals surface area contributed by atoms with Crippen LogP contribution in [0.1, 0.15) is 36.6 Å². The molecular weight excluding hydrogens is 508 g/mol. The van der Waals surface area contributed by atoms with Crippen LogP contribution in [0.2, 0.25) is 5.02 Å². The van der Waals surface area contributed by atoms with Crippen LogP contribution in [0.3, 0.4) is 0 Å². The van der Waals surface area contributed by atoms with E-state index in [1.807, 2.05) is 0 Å². The molecule has 0 saturated heterocycles. The fourth-order valence-corrected chi connectivity index (χ4v) is 4.41. The number of carbonyl (C=O) groups excluding carboxylic acids is 3. The van der Waals surface area contributed by atoms with Crippen LogP contribution in [0.15, 0.2) is 66.7 Å². The molecule has 3 rings (SSSR count). The first-order valence-electron chi connectivity index (χ1n) is 10.5. The summed E-state index contributed by atoms with van der Waals surface area (Å²) in [6, 6.07) is 16.8. The highest BCUT2D eigenvalue weighted by atomic mass is 35.5. The summed E-state index contributed by atoms with van der Waals surface area (Å²) in [4.78, 5) is 36.9. The van der Waals surface area contributed by atoms with Crippen LogP contribution in [0.25, 0.3) is 0 Å². The van der Waals surface area contributed by atoms with E-state index in [1.54, 1.807) is 24.3 Å². The Balaban J connectivity index is 1.89. The molecule has 3 aromatic carbocycles. The van der Waals surface area contributed by atoms with E-state index in [1.165, 1.54) is 61.0 Å². The normalized spacial score (nSPS) is 10.9. The van der Waals surface area contributed by atoms with E-state index < -0.39 is 27.9 Å². The average Bonchev–Trinajstić information content (AvgIpc) is 2.86. The second-order valence-corrected chi connectivity index (χ2v) is 9.92. The van der Waals surface area contributed by atoms with Crippen molar-refractivity contribution in [2.45, 2.75) is 6.54 Å². The molecule has 11 heteroatoms. The predicted octanol–water partition coefficient (Wildman–Crippen LogP) is 4.13. The molecule has 0 heterocycles. The van der Waals surface area contributed by atoms with Crippen LogP contribution in [-0.2, 0) is 26.0 Å². The summed E-state index contributed by atoms with van der Waals surface area (Å²) in [6.07, 6.45) is 1.08. The molecule has 0 atom stereocenters. The molecule has 0 fully saturated rings. The number of hydrogen-bond donors (Lipinski definition) is 1. The lowest BCUT2D eigenvalue weighted by Crippen LogP contribution is -2.29. The van der Waals surface area contributed by atoms with Crippen LogP contribution >= 0.6 is 11.6 Å². The zero-order valence-electron chi connectivity index (χ0n) is 19.6. The Bertz CT molecular complexity index is 1410. The number of nitrogens with zero attached hydrogens (tertiary/aromatic N) is 1. The summed E-state index contributed by atoms with van der Waals surface area (Å²) in [6.45, 7) is 0.00681. The lowest BCUT2D eigenvalue weighted by atomic mass is 10.1. The minimum Gasteiger partial charge on any atom is -0.465 e. The van der Waals surface area contributed by atoms with Crippen LogP contribution < -0.4 is 9.62 Å². The van der Waals surface area contributed by atoms with Crippen LogP contribution in [0, 0.1) is 0 Å². The van der Waals surface area contributed by atoms with Crippen molar-refractivity contribution in [3.8, 4) is 0 Å². The summed E-state index contributed by atoms with van der Waals surface area (Å²) < 4.78 is 35.5. The summed E-state index contributed by atoms with van der Waals surface area (Å²) in [5.41, 5.74) is 1.35. The van der Waals surface area contributed by atoms with E-state index in [0.717, 1.165) is 6.26 Å². The Labute approximate surface area is 213 Å². The zero-order valence-corrected chi connectivity index (χ0v) is 21.2. The minimum atomic E-state index is -3.67. The number of benzene rings is 3. The number of anilines is 2. The summed E-state index contributed by atoms with van der Waals surface area (Å²) in [7, 11) is -1.27. The smallest absolute Gasteiger partial charge is 0.339 e. The first kappa shape index (κ1) is 26.7. The Morgan fingerprint density at radius 2 is 1.50 bits per heavy atom. The van der Waals surface area contributed by atoms with Crippen molar-refractivity contribution in [3.63, 3.8) is 0 Å². The average molecular weight is 531 g/mol. The van der Waals surface area contributed by atoms with Gasteiger partial charge in [-0.25, -0.2) is 18.0 Å². The number of carbonyl (C=O) groups is 3. The third kappa shape index (κ3) is 6.21. The molecule has 0 aliphatic rings. The van der Waals surface area contributed by atoms with Gasteiger partial charge in [-0.1, -0.05) is 29.8 Å². The standard InChI is InChI=1S/C25H23ClN2O7S/c1-34-24(30)17-10-13-20(25(31)35-2)22(14-17)27-23(29)16-8-11-19(12-9-16)28(36(3,32)33)15-18-6-4-5-7-21(18)26/h4-14H,15H2,1-3H3,(H,27,29). The largest absolute Gasteiger partial charge is 0.465 e. The number of rotatable bonds is 8. The molecule has 1 amide bonds. The van der Waals surface area contributed by atoms with Gasteiger partial charge in [0.05, 0.1) is 49.5 Å². The molecule has 9 nitrogen and oxygen atoms in total. The highest BCUT2D eigenvalue weighted by Crippen LogP contribution is 2.25. The second kappa shape index (κ2) is 11.2. The van der Waals surface area contributed by atoms with E-state index in [0.29, 0.717) is 16.3 Å². The SMILES string of the molecule is COC(=O)c1ccc(C(=O)OC)c(NC(=O)c2ccc(N(Cc3ccccc3Cl)S(C)(=O)=O)cc2)c1. The van der Waals surface area contributed by atoms with Gasteiger partial charge in [-0.3, -0.25) is 9.10 Å². The first-order chi connectivity index (χ1) is 17.0. The van der Waals surface area contributed by atoms with Crippen molar-refractivity contribution in [1.29, 1.82) is 0 Å². The molecule has 0 spiro atoms. The van der Waals surface area contributed by atoms with Gasteiger partial charge < -0.3 is 14.8 Å². The number of hydrogen-bond acceptors (Lipinski definition) is 7. The quantitative estimate of drug-likeness (QED) is 0.435. The summed E-state index contributed by atoms with van der Waals surface area (Å²) >= 11 is 6.20. The molecule has 0 aliphatic carbocycles. The number of amides is 1. The van der Waals surface area contributed by atoms with Crippen LogP contribution in [0.4, 0.5) is 11.4 Å². The summed E-state index contributed by atoms with van der Waals surface area (Å²) in [5, 5.41) is 3.02. The van der Waals surface area contributed by atoms with Crippen molar-refractivity contribution in [3.05, 3.63) is 94.0 Å². The van der Waals surface area contributed by atoms with Crippen molar-refractivity contribution >= 4 is 50.8 Å². The van der Waals surface area contributed by atoms with E-state index in [-0.39, 0.29) is 28.9 Å². The van der Waals surface area contributed by atoms with Crippen molar-refractivity contribution in [1.82, 2.24) is 0 Å². The predicted molar refractivity (Wildman–Crippen MR) is 136 cm³/mol. The number of nitrogens with one attached hydrogen (secondary N) is 1. The van der Waals surface area contributed by atoms with Gasteiger partial charge in [0, 0.05) is 10.6 Å². The van der Waals surface area contributed by atoms with E-state index in [2.05, 4.69) is 5.32 Å². The van der Waals surface area contributed by atoms with Crippen LogP contribution in [-0.4, -0.2) is 46.7 Å². The van der Waals surface area contributed by atoms with Crippen molar-refractivity contribution in [2.24, 2.45) is 0 Å². The number of sulfonamides is 1. The minimum absolute atomic E-state index is 0.00681. The van der Waals surface area contributed by atoms with Crippen LogP contribution in [0.5, 0.6) is 0 Å². The third-order valence-electron chi connectivity index (χ3n) is 5.18. The van der Waals surface area contributed by atoms with Crippen molar-refractivity contribution in [2.75, 3.05) is 30.1 Å². The van der Waals surface area contributed by atoms with Gasteiger partial charge in [0.15, 0.2) is 0 Å². The van der Waals surface area contributed by atoms with E-state index in [4.69, 9.17) is 21.1 Å². The highest BCUT2D eigenvalue weighted by Gasteiger charge is 2.21. The van der Waals surface area contributed by atoms with Gasteiger partial charge in [0.1, 0.15) is 0 Å². The Morgan fingerprint density at radius 3 is 2.08 bits per heavy atom. The Hall–Kier alpha value is -3.89. The van der Waals surface area contributed by atoms with Gasteiger partial charge in [0.25, 0.3) is 5.91 Å². The molecule has 0 aliphatic heterocycles. The maximum absolute atomic E-state index is 12.9. The molecule has 0 aromatic heterocycles. The molecule has 0 saturated carbocycles. The molecule has 3 aromatic rings. The molecule has 36 heavy (non-hydrogen) atoms. The molecule has 188 valence electrons. The maximum atomic E-state index is 12.9. The Kier molecular flexibility index (Phi) is 8.33. The fourth-order valence-electron chi connectivity index (χ4n) is 3.34. The zero-order chi connectivity index (χ0) is 26.5. The lowest BCUT2D eigenvalue weighted by molar-refractivity contribution is 0.0587. The third-order valence-corrected chi connectivity index (χ3v) is 6.69. The molecule has 0 radical (unpaired) electrons. The number of methoxy groups -OCH3 is 2. The monoisotopic (exact) mass is 530 g/mol. The van der Waals surface area contributed by atoms with Gasteiger partial charge in [-0.05, 0) is 54.1 Å². The summed E-state index contributed by atoms with van der Waals surface area (Å²) in [5.74, 6) is -1.95. The van der Waals surface area contributed by atoms with Gasteiger partial charge in [-0.2, -0.15) is 0 Å². The molecule has 0 unspecified atom stereocenters. The molecular formula is C25H23ClN2O7S. The second-order valence-electron chi connectivity index (χ2n) is 7.61. The van der Waals surface area contributed by atoms with Gasteiger partial charge in [-0.15, -0.1) is 0 Å². The maximum Gasteiger partial charge on any atom is 0.339 e. The molecule has 0 bridgehead atoms. The van der Waals surface area contributed by atoms with E-state index in [9.17, 15) is 22.8 Å².